The summed E-state index contributed by atoms with van der Waals surface area (Å²) in [5, 5.41) is 24.4. The van der Waals surface area contributed by atoms with Gasteiger partial charge in [0.05, 0.1) is 0 Å². The third-order valence-electron chi connectivity index (χ3n) is 3.50. The Hall–Kier alpha value is -1.14. The molecule has 0 unspecified atom stereocenters. The number of nitrogens with one attached hydrogen (secondary N) is 2. The third-order valence-corrected chi connectivity index (χ3v) is 3.50. The molecule has 0 heterocycles. The Morgan fingerprint density at radius 2 is 1.09 bits per heavy atom. The summed E-state index contributed by atoms with van der Waals surface area (Å²) >= 11 is 0. The topological polar surface area (TPSA) is 98.7 Å². The van der Waals surface area contributed by atoms with Crippen molar-refractivity contribution in [2.24, 2.45) is 0 Å². The van der Waals surface area contributed by atoms with E-state index in [0.29, 0.717) is 13.1 Å². The predicted octanol–water partition coefficient (Wildman–Crippen LogP) is 1.10. The second-order valence-electron chi connectivity index (χ2n) is 5.59. The summed E-state index contributed by atoms with van der Waals surface area (Å²) in [4.78, 5) is 23.3. The molecule has 4 N–H and O–H groups in total. The highest BCUT2D eigenvalue weighted by Crippen LogP contribution is 2.00. The Morgan fingerprint density at radius 1 is 0.727 bits per heavy atom. The molecule has 0 rings (SSSR count). The minimum Gasteiger partial charge on any atom is -0.380 e. The molecular weight excluding hydrogens is 284 g/mol. The Bertz CT molecular complexity index is 281. The fourth-order valence-corrected chi connectivity index (χ4v) is 2.02. The van der Waals surface area contributed by atoms with Gasteiger partial charge in [0.2, 0.25) is 0 Å². The fraction of sp³-hybridized carbons (Fsp3) is 0.875. The van der Waals surface area contributed by atoms with E-state index >= 15 is 0 Å². The van der Waals surface area contributed by atoms with Crippen LogP contribution >= 0.6 is 0 Å². The SMILES string of the molecule is CCCCCCNC(=O)[C@H](O)[C@@H](O)C(=O)NCCCCCC. The maximum atomic E-state index is 11.6. The van der Waals surface area contributed by atoms with Crippen LogP contribution in [0.2, 0.25) is 0 Å². The lowest BCUT2D eigenvalue weighted by Gasteiger charge is -2.17. The van der Waals surface area contributed by atoms with E-state index in [0.717, 1.165) is 51.4 Å². The molecule has 0 aliphatic carbocycles. The largest absolute Gasteiger partial charge is 0.380 e. The van der Waals surface area contributed by atoms with Gasteiger partial charge in [-0.05, 0) is 12.8 Å². The van der Waals surface area contributed by atoms with Gasteiger partial charge in [0.25, 0.3) is 11.8 Å². The van der Waals surface area contributed by atoms with Crippen LogP contribution in [0.4, 0.5) is 0 Å². The van der Waals surface area contributed by atoms with Gasteiger partial charge in [-0.3, -0.25) is 9.59 Å². The second-order valence-corrected chi connectivity index (χ2v) is 5.59. The molecule has 0 saturated carbocycles. The highest BCUT2D eigenvalue weighted by atomic mass is 16.3. The van der Waals surface area contributed by atoms with Crippen molar-refractivity contribution in [2.75, 3.05) is 13.1 Å². The van der Waals surface area contributed by atoms with Crippen LogP contribution in [0, 0.1) is 0 Å². The number of aliphatic hydroxyl groups is 2. The molecule has 0 bridgehead atoms. The molecule has 0 aromatic rings. The average molecular weight is 316 g/mol. The first kappa shape index (κ1) is 20.9. The minimum absolute atomic E-state index is 0.446. The summed E-state index contributed by atoms with van der Waals surface area (Å²) in [6.45, 7) is 5.08. The molecule has 2 amide bonds. The number of hydrogen-bond donors (Lipinski definition) is 4. The van der Waals surface area contributed by atoms with Gasteiger partial charge in [-0.25, -0.2) is 0 Å². The zero-order chi connectivity index (χ0) is 16.8. The standard InChI is InChI=1S/C16H32N2O4/c1-3-5-7-9-11-17-15(21)13(19)14(20)16(22)18-12-10-8-6-4-2/h13-14,19-20H,3-12H2,1-2H3,(H,17,21)(H,18,22)/t13-,14-/m1/s1. The Kier molecular flexibility index (Phi) is 12.8. The van der Waals surface area contributed by atoms with Crippen LogP contribution in [0.1, 0.15) is 65.2 Å². The molecule has 0 aromatic heterocycles. The van der Waals surface area contributed by atoms with Gasteiger partial charge >= 0.3 is 0 Å². The maximum Gasteiger partial charge on any atom is 0.252 e. The van der Waals surface area contributed by atoms with Crippen molar-refractivity contribution in [1.29, 1.82) is 0 Å². The van der Waals surface area contributed by atoms with E-state index in [1.807, 2.05) is 0 Å². The normalized spacial score (nSPS) is 13.5. The van der Waals surface area contributed by atoms with Crippen LogP contribution in [0.5, 0.6) is 0 Å². The van der Waals surface area contributed by atoms with E-state index in [2.05, 4.69) is 24.5 Å². The lowest BCUT2D eigenvalue weighted by molar-refractivity contribution is -0.146. The molecule has 0 aromatic carbocycles. The van der Waals surface area contributed by atoms with Crippen LogP contribution in [0.25, 0.3) is 0 Å². The number of rotatable bonds is 13. The van der Waals surface area contributed by atoms with Crippen LogP contribution in [0.15, 0.2) is 0 Å². The van der Waals surface area contributed by atoms with Gasteiger partial charge in [0.15, 0.2) is 12.2 Å². The quantitative estimate of drug-likeness (QED) is 0.382. The number of carbonyl (C=O) groups excluding carboxylic acids is 2. The van der Waals surface area contributed by atoms with Gasteiger partial charge < -0.3 is 20.8 Å². The first-order chi connectivity index (χ1) is 10.5. The Labute approximate surface area is 133 Å². The van der Waals surface area contributed by atoms with E-state index in [9.17, 15) is 19.8 Å². The van der Waals surface area contributed by atoms with Crippen molar-refractivity contribution >= 4 is 11.8 Å². The smallest absolute Gasteiger partial charge is 0.252 e. The van der Waals surface area contributed by atoms with Crippen molar-refractivity contribution < 1.29 is 19.8 Å². The zero-order valence-electron chi connectivity index (χ0n) is 13.9. The molecule has 6 nitrogen and oxygen atoms in total. The van der Waals surface area contributed by atoms with E-state index in [1.54, 1.807) is 0 Å². The van der Waals surface area contributed by atoms with Crippen LogP contribution in [-0.4, -0.2) is 47.3 Å². The second kappa shape index (κ2) is 13.5. The van der Waals surface area contributed by atoms with E-state index in [4.69, 9.17) is 0 Å². The number of carbonyl (C=O) groups is 2. The van der Waals surface area contributed by atoms with Gasteiger partial charge in [-0.2, -0.15) is 0 Å². The van der Waals surface area contributed by atoms with Gasteiger partial charge in [0.1, 0.15) is 0 Å². The molecule has 22 heavy (non-hydrogen) atoms. The van der Waals surface area contributed by atoms with Crippen molar-refractivity contribution in [3.8, 4) is 0 Å². The lowest BCUT2D eigenvalue weighted by atomic mass is 10.1. The van der Waals surface area contributed by atoms with Gasteiger partial charge in [-0.1, -0.05) is 52.4 Å². The summed E-state index contributed by atoms with van der Waals surface area (Å²) in [7, 11) is 0. The number of amides is 2. The molecule has 6 heteroatoms. The molecular formula is C16H32N2O4. The van der Waals surface area contributed by atoms with Gasteiger partial charge in [0, 0.05) is 13.1 Å². The molecule has 0 saturated heterocycles. The Morgan fingerprint density at radius 3 is 1.41 bits per heavy atom. The molecule has 0 aliphatic heterocycles. The van der Waals surface area contributed by atoms with Gasteiger partial charge in [-0.15, -0.1) is 0 Å². The van der Waals surface area contributed by atoms with Crippen molar-refractivity contribution in [2.45, 2.75) is 77.4 Å². The number of aliphatic hydroxyl groups excluding tert-OH is 2. The summed E-state index contributed by atoms with van der Waals surface area (Å²) in [6.07, 6.45) is 4.63. The highest BCUT2D eigenvalue weighted by molar-refractivity contribution is 5.90. The molecule has 0 spiro atoms. The summed E-state index contributed by atoms with van der Waals surface area (Å²) in [5.41, 5.74) is 0. The Balaban J connectivity index is 3.88. The van der Waals surface area contributed by atoms with E-state index in [-0.39, 0.29) is 0 Å². The summed E-state index contributed by atoms with van der Waals surface area (Å²) in [5.74, 6) is -1.41. The predicted molar refractivity (Wildman–Crippen MR) is 86.3 cm³/mol. The van der Waals surface area contributed by atoms with E-state index in [1.165, 1.54) is 0 Å². The molecule has 130 valence electrons. The number of unbranched alkanes of at least 4 members (excludes halogenated alkanes) is 6. The van der Waals surface area contributed by atoms with E-state index < -0.39 is 24.0 Å². The average Bonchev–Trinajstić information content (AvgIpc) is 2.52. The first-order valence-corrected chi connectivity index (χ1v) is 8.46. The van der Waals surface area contributed by atoms with Crippen LogP contribution < -0.4 is 10.6 Å². The van der Waals surface area contributed by atoms with Crippen LogP contribution in [0.3, 0.4) is 0 Å². The number of hydrogen-bond acceptors (Lipinski definition) is 4. The molecule has 0 fully saturated rings. The molecule has 0 aliphatic rings. The van der Waals surface area contributed by atoms with Crippen LogP contribution in [-0.2, 0) is 9.59 Å². The fourth-order valence-electron chi connectivity index (χ4n) is 2.02. The zero-order valence-corrected chi connectivity index (χ0v) is 13.9. The first-order valence-electron chi connectivity index (χ1n) is 8.46. The minimum atomic E-state index is -1.72. The molecule has 0 radical (unpaired) electrons. The maximum absolute atomic E-state index is 11.6. The summed E-state index contributed by atoms with van der Waals surface area (Å²) < 4.78 is 0. The van der Waals surface area contributed by atoms with Crippen molar-refractivity contribution in [1.82, 2.24) is 10.6 Å². The third kappa shape index (κ3) is 9.73. The summed E-state index contributed by atoms with van der Waals surface area (Å²) in [6, 6.07) is 0. The van der Waals surface area contributed by atoms with Crippen molar-refractivity contribution in [3.05, 3.63) is 0 Å². The monoisotopic (exact) mass is 316 g/mol. The lowest BCUT2D eigenvalue weighted by Crippen LogP contribution is -2.49. The van der Waals surface area contributed by atoms with Crippen molar-refractivity contribution in [3.63, 3.8) is 0 Å². The molecule has 2 atom stereocenters. The highest BCUT2D eigenvalue weighted by Gasteiger charge is 2.29.